The van der Waals surface area contributed by atoms with Gasteiger partial charge in [0.25, 0.3) is 0 Å². The second-order valence-corrected chi connectivity index (χ2v) is 6.75. The molecule has 20 heavy (non-hydrogen) atoms. The van der Waals surface area contributed by atoms with E-state index >= 15 is 0 Å². The molecule has 0 bridgehead atoms. The second-order valence-electron chi connectivity index (χ2n) is 4.21. The van der Waals surface area contributed by atoms with Gasteiger partial charge >= 0.3 is 0 Å². The summed E-state index contributed by atoms with van der Waals surface area (Å²) in [6.45, 7) is 0.247. The largest absolute Gasteiger partial charge is 0.384 e. The molecule has 0 aromatic heterocycles. The molecule has 0 unspecified atom stereocenters. The molecule has 0 radical (unpaired) electrons. The lowest BCUT2D eigenvalue weighted by atomic mass is 10.3. The summed E-state index contributed by atoms with van der Waals surface area (Å²) in [7, 11) is -3.35. The normalized spacial score (nSPS) is 11.3. The monoisotopic (exact) mass is 313 g/mol. The highest BCUT2D eigenvalue weighted by Crippen LogP contribution is 2.15. The van der Waals surface area contributed by atoms with Crippen molar-refractivity contribution in [2.45, 2.75) is 4.90 Å². The molecule has 6 heteroatoms. The molecule has 2 aromatic rings. The van der Waals surface area contributed by atoms with Crippen LogP contribution >= 0.6 is 11.6 Å². The first-order chi connectivity index (χ1) is 9.47. The van der Waals surface area contributed by atoms with Gasteiger partial charge in [-0.25, -0.2) is 12.8 Å². The van der Waals surface area contributed by atoms with Crippen LogP contribution < -0.4 is 5.32 Å². The molecule has 106 valence electrons. The van der Waals surface area contributed by atoms with Gasteiger partial charge in [-0.3, -0.25) is 0 Å². The number of anilines is 1. The molecule has 0 atom stereocenters. The van der Waals surface area contributed by atoms with Crippen LogP contribution in [0.3, 0.4) is 0 Å². The number of nitrogens with one attached hydrogen (secondary N) is 1. The van der Waals surface area contributed by atoms with Crippen molar-refractivity contribution in [1.29, 1.82) is 0 Å². The van der Waals surface area contributed by atoms with Gasteiger partial charge in [0.1, 0.15) is 5.82 Å². The van der Waals surface area contributed by atoms with Gasteiger partial charge in [-0.05, 0) is 48.5 Å². The molecule has 0 saturated carbocycles. The molecule has 0 amide bonds. The Kier molecular flexibility index (Phi) is 4.62. The molecule has 0 saturated heterocycles. The van der Waals surface area contributed by atoms with Crippen molar-refractivity contribution in [1.82, 2.24) is 0 Å². The van der Waals surface area contributed by atoms with E-state index in [4.69, 9.17) is 11.6 Å². The van der Waals surface area contributed by atoms with Crippen LogP contribution in [-0.2, 0) is 9.84 Å². The minimum Gasteiger partial charge on any atom is -0.384 e. The summed E-state index contributed by atoms with van der Waals surface area (Å²) >= 11 is 5.72. The zero-order valence-corrected chi connectivity index (χ0v) is 12.1. The summed E-state index contributed by atoms with van der Waals surface area (Å²) in [5, 5.41) is 3.43. The van der Waals surface area contributed by atoms with Gasteiger partial charge in [0, 0.05) is 17.3 Å². The lowest BCUT2D eigenvalue weighted by Gasteiger charge is -2.07. The highest BCUT2D eigenvalue weighted by Gasteiger charge is 2.13. The zero-order valence-electron chi connectivity index (χ0n) is 10.5. The van der Waals surface area contributed by atoms with Crippen LogP contribution in [0.4, 0.5) is 10.1 Å². The van der Waals surface area contributed by atoms with Gasteiger partial charge in [0.2, 0.25) is 0 Å². The van der Waals surface area contributed by atoms with Gasteiger partial charge in [0.15, 0.2) is 9.84 Å². The third-order valence-corrected chi connectivity index (χ3v) is 4.70. The highest BCUT2D eigenvalue weighted by atomic mass is 35.5. The van der Waals surface area contributed by atoms with E-state index in [1.165, 1.54) is 24.3 Å². The van der Waals surface area contributed by atoms with Crippen LogP contribution in [0, 0.1) is 5.82 Å². The molecule has 0 fully saturated rings. The average Bonchev–Trinajstić information content (AvgIpc) is 2.41. The number of rotatable bonds is 5. The van der Waals surface area contributed by atoms with Gasteiger partial charge in [-0.15, -0.1) is 0 Å². The quantitative estimate of drug-likeness (QED) is 0.920. The van der Waals surface area contributed by atoms with E-state index in [2.05, 4.69) is 5.32 Å². The molecule has 1 N–H and O–H groups in total. The Balaban J connectivity index is 1.96. The summed E-state index contributed by atoms with van der Waals surface area (Å²) in [5.74, 6) is -0.379. The maximum Gasteiger partial charge on any atom is 0.180 e. The molecule has 3 nitrogen and oxygen atoms in total. The lowest BCUT2D eigenvalue weighted by molar-refractivity contribution is 0.596. The highest BCUT2D eigenvalue weighted by molar-refractivity contribution is 7.91. The molecule has 2 rings (SSSR count). The first-order valence-corrected chi connectivity index (χ1v) is 7.98. The molecule has 0 heterocycles. The number of hydrogen-bond donors (Lipinski definition) is 1. The predicted molar refractivity (Wildman–Crippen MR) is 78.4 cm³/mol. The summed E-state index contributed by atoms with van der Waals surface area (Å²) in [6.07, 6.45) is 0. The van der Waals surface area contributed by atoms with E-state index in [9.17, 15) is 12.8 Å². The third-order valence-electron chi connectivity index (χ3n) is 2.72. The fraction of sp³-hybridized carbons (Fsp3) is 0.143. The van der Waals surface area contributed by atoms with Crippen LogP contribution in [0.5, 0.6) is 0 Å². The van der Waals surface area contributed by atoms with Crippen molar-refractivity contribution in [2.75, 3.05) is 17.6 Å². The van der Waals surface area contributed by atoms with Crippen LogP contribution in [0.1, 0.15) is 0 Å². The van der Waals surface area contributed by atoms with Crippen molar-refractivity contribution in [3.8, 4) is 0 Å². The van der Waals surface area contributed by atoms with Crippen LogP contribution in [-0.4, -0.2) is 20.7 Å². The van der Waals surface area contributed by atoms with Crippen LogP contribution in [0.25, 0.3) is 0 Å². The standard InChI is InChI=1S/C14H13ClFNO2S/c15-11-1-7-14(8-2-11)20(18,19)10-9-17-13-5-3-12(16)4-6-13/h1-8,17H,9-10H2. The Morgan fingerprint density at radius 1 is 1.00 bits per heavy atom. The van der Waals surface area contributed by atoms with Crippen molar-refractivity contribution < 1.29 is 12.8 Å². The molecule has 0 aliphatic heterocycles. The zero-order chi connectivity index (χ0) is 14.6. The molecule has 0 aliphatic rings. The van der Waals surface area contributed by atoms with E-state index in [0.717, 1.165) is 0 Å². The van der Waals surface area contributed by atoms with Gasteiger partial charge in [-0.2, -0.15) is 0 Å². The minimum absolute atomic E-state index is 0.0496. The maximum absolute atomic E-state index is 12.7. The molecular weight excluding hydrogens is 301 g/mol. The molecule has 2 aromatic carbocycles. The fourth-order valence-electron chi connectivity index (χ4n) is 1.66. The SMILES string of the molecule is O=S(=O)(CCNc1ccc(F)cc1)c1ccc(Cl)cc1. The smallest absolute Gasteiger partial charge is 0.180 e. The van der Waals surface area contributed by atoms with Crippen LogP contribution in [0.2, 0.25) is 5.02 Å². The number of sulfone groups is 1. The van der Waals surface area contributed by atoms with Crippen molar-refractivity contribution in [3.05, 3.63) is 59.4 Å². The van der Waals surface area contributed by atoms with Gasteiger partial charge in [-0.1, -0.05) is 11.6 Å². The minimum atomic E-state index is -3.35. The molecule has 0 aliphatic carbocycles. The summed E-state index contributed by atoms with van der Waals surface area (Å²) in [5.41, 5.74) is 0.678. The van der Waals surface area contributed by atoms with E-state index < -0.39 is 9.84 Å². The first kappa shape index (κ1) is 14.8. The topological polar surface area (TPSA) is 46.2 Å². The van der Waals surface area contributed by atoms with Crippen molar-refractivity contribution >= 4 is 27.1 Å². The summed E-state index contributed by atoms with van der Waals surface area (Å²) in [4.78, 5) is 0.239. The summed E-state index contributed by atoms with van der Waals surface area (Å²) in [6, 6.07) is 11.8. The Hall–Kier alpha value is -1.59. The van der Waals surface area contributed by atoms with Gasteiger partial charge in [0.05, 0.1) is 10.6 Å². The number of halogens is 2. The van der Waals surface area contributed by atoms with Crippen molar-refractivity contribution in [2.24, 2.45) is 0 Å². The average molecular weight is 314 g/mol. The first-order valence-electron chi connectivity index (χ1n) is 5.95. The summed E-state index contributed by atoms with van der Waals surface area (Å²) < 4.78 is 36.8. The van der Waals surface area contributed by atoms with E-state index in [1.807, 2.05) is 0 Å². The molecule has 0 spiro atoms. The lowest BCUT2D eigenvalue weighted by Crippen LogP contribution is -2.15. The number of benzene rings is 2. The Morgan fingerprint density at radius 2 is 1.60 bits per heavy atom. The van der Waals surface area contributed by atoms with E-state index in [-0.39, 0.29) is 23.0 Å². The Bertz CT molecular complexity index is 669. The fourth-order valence-corrected chi connectivity index (χ4v) is 2.94. The molecular formula is C14H13ClFNO2S. The predicted octanol–water partition coefficient (Wildman–Crippen LogP) is 3.36. The third kappa shape index (κ3) is 3.95. The van der Waals surface area contributed by atoms with Gasteiger partial charge < -0.3 is 5.32 Å². The second kappa shape index (κ2) is 6.24. The Morgan fingerprint density at radius 3 is 2.20 bits per heavy atom. The van der Waals surface area contributed by atoms with Crippen molar-refractivity contribution in [3.63, 3.8) is 0 Å². The van der Waals surface area contributed by atoms with E-state index in [1.54, 1.807) is 24.3 Å². The Labute approximate surface area is 122 Å². The van der Waals surface area contributed by atoms with Crippen LogP contribution in [0.15, 0.2) is 53.4 Å². The van der Waals surface area contributed by atoms with E-state index in [0.29, 0.717) is 10.7 Å². The number of hydrogen-bond acceptors (Lipinski definition) is 3. The maximum atomic E-state index is 12.7.